The van der Waals surface area contributed by atoms with Crippen LogP contribution in [-0.2, 0) is 14.9 Å². The smallest absolute Gasteiger partial charge is 0.303 e. The molecule has 1 saturated carbocycles. The highest BCUT2D eigenvalue weighted by Gasteiger charge is 2.58. The van der Waals surface area contributed by atoms with Crippen molar-refractivity contribution in [2.45, 2.75) is 50.0 Å². The van der Waals surface area contributed by atoms with E-state index in [-0.39, 0.29) is 23.8 Å². The van der Waals surface area contributed by atoms with Gasteiger partial charge in [0, 0.05) is 17.8 Å². The predicted octanol–water partition coefficient (Wildman–Crippen LogP) is 5.43. The van der Waals surface area contributed by atoms with Gasteiger partial charge in [-0.1, -0.05) is 42.5 Å². The van der Waals surface area contributed by atoms with Crippen LogP contribution in [0.3, 0.4) is 0 Å². The molecular formula is C24H29FO3. The number of unbranched alkanes of at least 4 members (excludes halogenated alkanes) is 1. The molecule has 4 atom stereocenters. The van der Waals surface area contributed by atoms with E-state index in [1.54, 1.807) is 0 Å². The van der Waals surface area contributed by atoms with Crippen molar-refractivity contribution in [1.29, 1.82) is 0 Å². The Labute approximate surface area is 166 Å². The van der Waals surface area contributed by atoms with Crippen LogP contribution in [0.25, 0.3) is 0 Å². The number of carboxylic acid groups (broad SMARTS) is 1. The second-order valence-corrected chi connectivity index (χ2v) is 7.85. The summed E-state index contributed by atoms with van der Waals surface area (Å²) < 4.78 is 19.6. The van der Waals surface area contributed by atoms with Crippen molar-refractivity contribution in [3.63, 3.8) is 0 Å². The van der Waals surface area contributed by atoms with E-state index in [1.165, 1.54) is 12.1 Å². The molecule has 2 bridgehead atoms. The average Bonchev–Trinajstić information content (AvgIpc) is 3.23. The highest BCUT2D eigenvalue weighted by molar-refractivity contribution is 5.66. The number of carbonyl (C=O) groups is 1. The van der Waals surface area contributed by atoms with Gasteiger partial charge in [0.05, 0.1) is 12.7 Å². The van der Waals surface area contributed by atoms with E-state index in [9.17, 15) is 9.18 Å². The fourth-order valence-corrected chi connectivity index (χ4v) is 4.77. The van der Waals surface area contributed by atoms with E-state index in [4.69, 9.17) is 9.84 Å². The van der Waals surface area contributed by atoms with Crippen molar-refractivity contribution < 1.29 is 19.0 Å². The third-order valence-electron chi connectivity index (χ3n) is 6.12. The Morgan fingerprint density at radius 3 is 2.79 bits per heavy atom. The van der Waals surface area contributed by atoms with Gasteiger partial charge < -0.3 is 9.84 Å². The molecule has 150 valence electrons. The predicted molar refractivity (Wildman–Crippen MR) is 109 cm³/mol. The van der Waals surface area contributed by atoms with Crippen LogP contribution >= 0.6 is 0 Å². The molecule has 1 aromatic carbocycles. The number of hydrogen-bond acceptors (Lipinski definition) is 2. The maximum atomic E-state index is 13.5. The number of ether oxygens (including phenoxy) is 1. The van der Waals surface area contributed by atoms with Crippen LogP contribution in [-0.4, -0.2) is 23.8 Å². The van der Waals surface area contributed by atoms with Gasteiger partial charge in [0.1, 0.15) is 5.82 Å². The standard InChI is InChI=1S/C24H29FO3/c1-2-3-6-9-20-21(10-7-4-5-8-11-23(26)27)24(16-22(20)28-17-24)18-12-14-19(25)15-13-18/h2,4,6-7,9,12-15,20-22H,1,3,5,8,10-11,16-17H2,(H,26,27)/t20-,21-,22-,24-/m0/s1. The zero-order valence-corrected chi connectivity index (χ0v) is 16.2. The zero-order valence-electron chi connectivity index (χ0n) is 16.2. The quantitative estimate of drug-likeness (QED) is 0.432. The van der Waals surface area contributed by atoms with Crippen molar-refractivity contribution in [2.75, 3.05) is 6.61 Å². The van der Waals surface area contributed by atoms with Gasteiger partial charge in [0.2, 0.25) is 0 Å². The second-order valence-electron chi connectivity index (χ2n) is 7.85. The molecule has 3 rings (SSSR count). The Morgan fingerprint density at radius 1 is 1.29 bits per heavy atom. The molecular weight excluding hydrogens is 355 g/mol. The third-order valence-corrected chi connectivity index (χ3v) is 6.12. The number of fused-ring (bicyclic) bond motifs is 2. The lowest BCUT2D eigenvalue weighted by Crippen LogP contribution is -2.39. The van der Waals surface area contributed by atoms with Crippen LogP contribution in [0.15, 0.2) is 61.2 Å². The number of aliphatic carboxylic acids is 1. The van der Waals surface area contributed by atoms with Crippen LogP contribution in [0.1, 0.15) is 44.1 Å². The van der Waals surface area contributed by atoms with E-state index >= 15 is 0 Å². The van der Waals surface area contributed by atoms with Crippen LogP contribution < -0.4 is 0 Å². The summed E-state index contributed by atoms with van der Waals surface area (Å²) in [7, 11) is 0. The summed E-state index contributed by atoms with van der Waals surface area (Å²) in [6.07, 6.45) is 15.1. The lowest BCUT2D eigenvalue weighted by molar-refractivity contribution is -0.137. The summed E-state index contributed by atoms with van der Waals surface area (Å²) in [5, 5.41) is 8.75. The van der Waals surface area contributed by atoms with Gasteiger partial charge in [0.25, 0.3) is 0 Å². The molecule has 1 N–H and O–H groups in total. The molecule has 0 spiro atoms. The Balaban J connectivity index is 1.77. The van der Waals surface area contributed by atoms with Crippen LogP contribution in [0.5, 0.6) is 0 Å². The van der Waals surface area contributed by atoms with Crippen molar-refractivity contribution in [1.82, 2.24) is 0 Å². The first-order valence-corrected chi connectivity index (χ1v) is 10.1. The van der Waals surface area contributed by atoms with Gasteiger partial charge in [-0.05, 0) is 55.7 Å². The molecule has 3 nitrogen and oxygen atoms in total. The normalized spacial score (nSPS) is 29.1. The van der Waals surface area contributed by atoms with Crippen molar-refractivity contribution in [3.8, 4) is 0 Å². The molecule has 2 aliphatic rings. The molecule has 1 aliphatic carbocycles. The summed E-state index contributed by atoms with van der Waals surface area (Å²) in [6, 6.07) is 6.88. The van der Waals surface area contributed by atoms with E-state index in [1.807, 2.05) is 18.2 Å². The van der Waals surface area contributed by atoms with Gasteiger partial charge >= 0.3 is 5.97 Å². The highest BCUT2D eigenvalue weighted by atomic mass is 19.1. The van der Waals surface area contributed by atoms with Gasteiger partial charge in [-0.15, -0.1) is 6.58 Å². The summed E-state index contributed by atoms with van der Waals surface area (Å²) in [5.74, 6) is -0.261. The first-order chi connectivity index (χ1) is 13.6. The number of halogens is 1. The molecule has 2 fully saturated rings. The van der Waals surface area contributed by atoms with Gasteiger partial charge in [0.15, 0.2) is 0 Å². The van der Waals surface area contributed by atoms with Crippen molar-refractivity contribution >= 4 is 5.97 Å². The number of benzene rings is 1. The molecule has 0 amide bonds. The molecule has 0 aromatic heterocycles. The van der Waals surface area contributed by atoms with Crippen LogP contribution in [0.2, 0.25) is 0 Å². The maximum Gasteiger partial charge on any atom is 0.303 e. The van der Waals surface area contributed by atoms with E-state index in [0.29, 0.717) is 24.9 Å². The number of carboxylic acids is 1. The van der Waals surface area contributed by atoms with Crippen LogP contribution in [0, 0.1) is 17.7 Å². The third kappa shape index (κ3) is 4.44. The minimum Gasteiger partial charge on any atom is -0.481 e. The molecule has 1 saturated heterocycles. The minimum absolute atomic E-state index is 0.0903. The lowest BCUT2D eigenvalue weighted by Gasteiger charge is -2.38. The number of allylic oxidation sites excluding steroid dienone is 4. The number of hydrogen-bond donors (Lipinski definition) is 1. The molecule has 28 heavy (non-hydrogen) atoms. The largest absolute Gasteiger partial charge is 0.481 e. The monoisotopic (exact) mass is 384 g/mol. The average molecular weight is 384 g/mol. The zero-order chi connectivity index (χ0) is 20.0. The SMILES string of the molecule is C=CCC=C[C@@H]1[C@@H]2C[C@@](c3ccc(F)cc3)(CO2)[C@H]1CC=CCCCC(=O)O. The Kier molecular flexibility index (Phi) is 6.84. The fourth-order valence-electron chi connectivity index (χ4n) is 4.77. The molecule has 1 heterocycles. The van der Waals surface area contributed by atoms with Crippen molar-refractivity contribution in [3.05, 3.63) is 72.6 Å². The van der Waals surface area contributed by atoms with Gasteiger partial charge in [-0.2, -0.15) is 0 Å². The van der Waals surface area contributed by atoms with Crippen molar-refractivity contribution in [2.24, 2.45) is 11.8 Å². The first-order valence-electron chi connectivity index (χ1n) is 10.1. The second kappa shape index (κ2) is 9.33. The molecule has 0 radical (unpaired) electrons. The topological polar surface area (TPSA) is 46.5 Å². The summed E-state index contributed by atoms with van der Waals surface area (Å²) in [6.45, 7) is 4.45. The Bertz CT molecular complexity index is 737. The Hall–Kier alpha value is -2.20. The van der Waals surface area contributed by atoms with Crippen LogP contribution in [0.4, 0.5) is 4.39 Å². The van der Waals surface area contributed by atoms with E-state index < -0.39 is 5.97 Å². The van der Waals surface area contributed by atoms with E-state index in [0.717, 1.165) is 31.2 Å². The highest BCUT2D eigenvalue weighted by Crippen LogP contribution is 2.57. The molecule has 1 aromatic rings. The summed E-state index contributed by atoms with van der Waals surface area (Å²) in [4.78, 5) is 10.6. The fraction of sp³-hybridized carbons (Fsp3) is 0.458. The first kappa shape index (κ1) is 20.5. The lowest BCUT2D eigenvalue weighted by atomic mass is 9.69. The van der Waals surface area contributed by atoms with Gasteiger partial charge in [-0.25, -0.2) is 4.39 Å². The molecule has 4 heteroatoms. The molecule has 1 aliphatic heterocycles. The van der Waals surface area contributed by atoms with E-state index in [2.05, 4.69) is 30.9 Å². The number of rotatable bonds is 10. The summed E-state index contributed by atoms with van der Waals surface area (Å²) in [5.41, 5.74) is 1.06. The molecule has 0 unspecified atom stereocenters. The minimum atomic E-state index is -0.749. The summed E-state index contributed by atoms with van der Waals surface area (Å²) >= 11 is 0. The van der Waals surface area contributed by atoms with Gasteiger partial charge in [-0.3, -0.25) is 4.79 Å². The maximum absolute atomic E-state index is 13.5. The Morgan fingerprint density at radius 2 is 2.07 bits per heavy atom.